The highest BCUT2D eigenvalue weighted by Gasteiger charge is 2.17. The van der Waals surface area contributed by atoms with Gasteiger partial charge in [0.2, 0.25) is 0 Å². The van der Waals surface area contributed by atoms with Gasteiger partial charge in [-0.1, -0.05) is 25.6 Å². The van der Waals surface area contributed by atoms with Gasteiger partial charge in [0, 0.05) is 31.6 Å². The van der Waals surface area contributed by atoms with E-state index in [1.165, 1.54) is 30.0 Å². The molecule has 0 spiro atoms. The zero-order valence-corrected chi connectivity index (χ0v) is 21.4. The highest BCUT2D eigenvalue weighted by Crippen LogP contribution is 2.17. The maximum Gasteiger partial charge on any atom is 0.354 e. The highest BCUT2D eigenvalue weighted by molar-refractivity contribution is 5.96. The lowest BCUT2D eigenvalue weighted by Crippen LogP contribution is -2.25. The van der Waals surface area contributed by atoms with Crippen LogP contribution in [0, 0.1) is 6.92 Å². The van der Waals surface area contributed by atoms with Crippen LogP contribution >= 0.6 is 0 Å². The molecule has 0 radical (unpaired) electrons. The monoisotopic (exact) mass is 546 g/mol. The van der Waals surface area contributed by atoms with E-state index in [2.05, 4.69) is 25.1 Å². The third-order valence-corrected chi connectivity index (χ3v) is 5.68. The van der Waals surface area contributed by atoms with Gasteiger partial charge in [-0.2, -0.15) is 5.10 Å². The predicted octanol–water partition coefficient (Wildman–Crippen LogP) is 3.94. The fourth-order valence-electron chi connectivity index (χ4n) is 3.69. The molecule has 0 bridgehead atoms. The number of carboxylic acid groups (broad SMARTS) is 1. The summed E-state index contributed by atoms with van der Waals surface area (Å²) in [4.78, 5) is 43.2. The van der Waals surface area contributed by atoms with Gasteiger partial charge in [0.25, 0.3) is 5.91 Å². The van der Waals surface area contributed by atoms with Crippen LogP contribution in [0.25, 0.3) is 16.7 Å². The molecular formula is C28H30N6O6. The Kier molecular flexibility index (Phi) is 9.30. The van der Waals surface area contributed by atoms with Crippen molar-refractivity contribution in [3.63, 3.8) is 0 Å². The molecule has 0 unspecified atom stereocenters. The fourth-order valence-corrected chi connectivity index (χ4v) is 3.69. The van der Waals surface area contributed by atoms with E-state index in [0.29, 0.717) is 22.6 Å². The second-order valence-corrected chi connectivity index (χ2v) is 8.55. The summed E-state index contributed by atoms with van der Waals surface area (Å²) >= 11 is 0. The number of rotatable bonds is 6. The van der Waals surface area contributed by atoms with Gasteiger partial charge >= 0.3 is 11.9 Å². The Balaban J connectivity index is 0.000000268. The summed E-state index contributed by atoms with van der Waals surface area (Å²) in [6.07, 6.45) is 1.42. The number of carboxylic acids is 1. The lowest BCUT2D eigenvalue weighted by Gasteiger charge is -2.07. The summed E-state index contributed by atoms with van der Waals surface area (Å²) < 4.78 is 11.1. The van der Waals surface area contributed by atoms with Crippen molar-refractivity contribution in [2.45, 2.75) is 33.9 Å². The number of ether oxygens (including phenoxy) is 1. The van der Waals surface area contributed by atoms with E-state index < -0.39 is 11.9 Å². The first-order valence-electron chi connectivity index (χ1n) is 11.8. The van der Waals surface area contributed by atoms with E-state index in [-0.39, 0.29) is 43.0 Å². The van der Waals surface area contributed by atoms with Crippen molar-refractivity contribution in [2.75, 3.05) is 7.11 Å². The van der Waals surface area contributed by atoms with Crippen LogP contribution in [0.15, 0.2) is 65.2 Å². The number of nitrogens with one attached hydrogen (secondary N) is 1. The maximum atomic E-state index is 12.4. The molecule has 12 heteroatoms. The lowest BCUT2D eigenvalue weighted by atomic mass is 10.1. The molecule has 1 atom stereocenters. The van der Waals surface area contributed by atoms with E-state index in [9.17, 15) is 19.5 Å². The summed E-state index contributed by atoms with van der Waals surface area (Å²) in [5.74, 6) is -1.42. The van der Waals surface area contributed by atoms with Crippen LogP contribution in [0.2, 0.25) is 0 Å². The summed E-state index contributed by atoms with van der Waals surface area (Å²) in [6.45, 7) is 3.90. The largest absolute Gasteiger partial charge is 0.477 e. The molecule has 0 aliphatic heterocycles. The quantitative estimate of drug-likeness (QED) is 0.265. The number of esters is 1. The van der Waals surface area contributed by atoms with Crippen LogP contribution in [-0.2, 0) is 11.3 Å². The molecule has 0 fully saturated rings. The molecule has 5 rings (SSSR count). The number of benzene rings is 2. The first-order chi connectivity index (χ1) is 18.7. The molecule has 0 aliphatic carbocycles. The smallest absolute Gasteiger partial charge is 0.354 e. The predicted molar refractivity (Wildman–Crippen MR) is 147 cm³/mol. The molecule has 4 N–H and O–H groups in total. The van der Waals surface area contributed by atoms with Crippen molar-refractivity contribution < 1.29 is 28.6 Å². The van der Waals surface area contributed by atoms with Gasteiger partial charge in [-0.15, -0.1) is 0 Å². The van der Waals surface area contributed by atoms with Crippen molar-refractivity contribution in [3.05, 3.63) is 94.8 Å². The van der Waals surface area contributed by atoms with Crippen molar-refractivity contribution in [3.8, 4) is 0 Å². The standard InChI is InChI=1S/C17H13N5O4.C10H13NO2.CH4/c1-9-20-11-6-10(2-3-14(11)26-9)8-18-16(23)12-7-13(17(24)25)22-15(21-12)4-5-19-22;1-7(11)8-3-5-9(6-4-8)10(12)13-2;/h2-7H,8H2,1H3,(H,18,23)(H,24,25);3-7H,11H2,1-2H3;1H4/t;7-;/m.0./s1. The average molecular weight is 547 g/mol. The molecule has 3 aromatic heterocycles. The number of nitrogens with two attached hydrogens (primary N) is 1. The number of oxazole rings is 1. The normalized spacial score (nSPS) is 11.2. The number of carbonyl (C=O) groups excluding carboxylic acids is 2. The number of aromatic carboxylic acids is 1. The number of carbonyl (C=O) groups is 3. The number of hydrogen-bond acceptors (Lipinski definition) is 9. The second-order valence-electron chi connectivity index (χ2n) is 8.55. The lowest BCUT2D eigenvalue weighted by molar-refractivity contribution is 0.0599. The molecule has 40 heavy (non-hydrogen) atoms. The molecule has 12 nitrogen and oxygen atoms in total. The van der Waals surface area contributed by atoms with E-state index >= 15 is 0 Å². The molecule has 3 heterocycles. The molecule has 0 aliphatic rings. The number of methoxy groups -OCH3 is 1. The van der Waals surface area contributed by atoms with E-state index in [1.54, 1.807) is 25.1 Å². The summed E-state index contributed by atoms with van der Waals surface area (Å²) in [6, 6.07) is 15.2. The molecule has 5 aromatic rings. The van der Waals surface area contributed by atoms with Crippen molar-refractivity contribution >= 4 is 34.6 Å². The molecule has 1 amide bonds. The van der Waals surface area contributed by atoms with Crippen molar-refractivity contribution in [1.29, 1.82) is 0 Å². The maximum absolute atomic E-state index is 12.4. The van der Waals surface area contributed by atoms with Gasteiger partial charge in [0.1, 0.15) is 11.2 Å². The SMILES string of the molecule is C.COC(=O)c1ccc([C@H](C)N)cc1.Cc1nc2cc(CNC(=O)c3cc(C(=O)O)n4nccc4n3)ccc2o1. The van der Waals surface area contributed by atoms with E-state index in [1.807, 2.05) is 31.2 Å². The third kappa shape index (κ3) is 6.66. The topological polar surface area (TPSA) is 175 Å². The molecular weight excluding hydrogens is 516 g/mol. The average Bonchev–Trinajstić information content (AvgIpc) is 3.56. The van der Waals surface area contributed by atoms with Gasteiger partial charge in [-0.25, -0.2) is 24.1 Å². The molecule has 0 saturated heterocycles. The van der Waals surface area contributed by atoms with Gasteiger partial charge < -0.3 is 25.3 Å². The molecule has 2 aromatic carbocycles. The minimum atomic E-state index is -1.19. The Morgan fingerprint density at radius 3 is 2.48 bits per heavy atom. The summed E-state index contributed by atoms with van der Waals surface area (Å²) in [7, 11) is 1.36. The zero-order chi connectivity index (χ0) is 28.1. The number of hydrogen-bond donors (Lipinski definition) is 3. The Morgan fingerprint density at radius 2 is 1.82 bits per heavy atom. The van der Waals surface area contributed by atoms with Crippen LogP contribution in [0.4, 0.5) is 0 Å². The number of fused-ring (bicyclic) bond motifs is 2. The fraction of sp³-hybridized carbons (Fsp3) is 0.214. The number of nitrogens with zero attached hydrogens (tertiary/aromatic N) is 4. The number of aryl methyl sites for hydroxylation is 1. The van der Waals surface area contributed by atoms with Crippen LogP contribution < -0.4 is 11.1 Å². The van der Waals surface area contributed by atoms with E-state index in [0.717, 1.165) is 11.1 Å². The highest BCUT2D eigenvalue weighted by atomic mass is 16.5. The van der Waals surface area contributed by atoms with Crippen LogP contribution in [0.3, 0.4) is 0 Å². The summed E-state index contributed by atoms with van der Waals surface area (Å²) in [5.41, 5.74) is 9.59. The first kappa shape index (κ1) is 29.5. The van der Waals surface area contributed by atoms with Crippen LogP contribution in [0.5, 0.6) is 0 Å². The Hall–Kier alpha value is -5.10. The number of aromatic nitrogens is 4. The third-order valence-electron chi connectivity index (χ3n) is 5.68. The zero-order valence-electron chi connectivity index (χ0n) is 21.4. The second kappa shape index (κ2) is 12.6. The molecule has 0 saturated carbocycles. The Labute approximate surface area is 229 Å². The minimum Gasteiger partial charge on any atom is -0.477 e. The van der Waals surface area contributed by atoms with Crippen LogP contribution in [-0.4, -0.2) is 49.6 Å². The minimum absolute atomic E-state index is 0. The summed E-state index contributed by atoms with van der Waals surface area (Å²) in [5, 5.41) is 15.9. The first-order valence-corrected chi connectivity index (χ1v) is 11.8. The number of amides is 1. The van der Waals surface area contributed by atoms with Gasteiger partial charge in [0.05, 0.1) is 18.9 Å². The molecule has 208 valence electrons. The van der Waals surface area contributed by atoms with Crippen molar-refractivity contribution in [2.24, 2.45) is 5.73 Å². The Bertz CT molecular complexity index is 1660. The van der Waals surface area contributed by atoms with Gasteiger partial charge in [-0.3, -0.25) is 4.79 Å². The van der Waals surface area contributed by atoms with Crippen molar-refractivity contribution in [1.82, 2.24) is 24.9 Å². The van der Waals surface area contributed by atoms with E-state index in [4.69, 9.17) is 10.2 Å². The Morgan fingerprint density at radius 1 is 1.10 bits per heavy atom. The van der Waals surface area contributed by atoms with Gasteiger partial charge in [-0.05, 0) is 42.3 Å². The van der Waals surface area contributed by atoms with Crippen LogP contribution in [0.1, 0.15) is 68.7 Å². The van der Waals surface area contributed by atoms with Gasteiger partial charge in [0.15, 0.2) is 22.8 Å².